The molecular formula is C21H37IN4O. The SMILES string of the molecule is CCNC(=NCCC1CCN(CC)CC1)N(C)Cc1ccc(OC)cc1.I. The van der Waals surface area contributed by atoms with Crippen molar-refractivity contribution < 1.29 is 4.74 Å². The molecule has 1 N–H and O–H groups in total. The average molecular weight is 488 g/mol. The van der Waals surface area contributed by atoms with Crippen LogP contribution in [0.3, 0.4) is 0 Å². The van der Waals surface area contributed by atoms with Crippen LogP contribution in [-0.4, -0.2) is 62.6 Å². The van der Waals surface area contributed by atoms with Gasteiger partial charge in [0, 0.05) is 26.7 Å². The molecule has 1 aliphatic rings. The highest BCUT2D eigenvalue weighted by Gasteiger charge is 2.17. The Kier molecular flexibility index (Phi) is 11.7. The molecule has 1 saturated heterocycles. The van der Waals surface area contributed by atoms with Gasteiger partial charge in [0.2, 0.25) is 0 Å². The Balaban J connectivity index is 0.00000364. The first-order valence-electron chi connectivity index (χ1n) is 10.0. The maximum Gasteiger partial charge on any atom is 0.193 e. The predicted molar refractivity (Wildman–Crippen MR) is 125 cm³/mol. The number of hydrogen-bond donors (Lipinski definition) is 1. The second-order valence-corrected chi connectivity index (χ2v) is 7.11. The number of likely N-dealkylation sites (tertiary alicyclic amines) is 1. The standard InChI is InChI=1S/C21H36N4O.HI/c1-5-22-21(23-14-11-18-12-15-25(6-2)16-13-18)24(3)17-19-7-9-20(26-4)10-8-19;/h7-10,18H,5-6,11-17H2,1-4H3,(H,22,23);1H. The number of ether oxygens (including phenoxy) is 1. The van der Waals surface area contributed by atoms with Crippen LogP contribution >= 0.6 is 24.0 Å². The van der Waals surface area contributed by atoms with Gasteiger partial charge in [-0.2, -0.15) is 0 Å². The summed E-state index contributed by atoms with van der Waals surface area (Å²) in [6, 6.07) is 8.24. The highest BCUT2D eigenvalue weighted by molar-refractivity contribution is 14.0. The molecule has 0 bridgehead atoms. The number of rotatable bonds is 8. The minimum absolute atomic E-state index is 0. The molecule has 6 heteroatoms. The van der Waals surface area contributed by atoms with Gasteiger partial charge in [0.15, 0.2) is 5.96 Å². The van der Waals surface area contributed by atoms with E-state index in [9.17, 15) is 0 Å². The van der Waals surface area contributed by atoms with Crippen LogP contribution in [0.15, 0.2) is 29.3 Å². The van der Waals surface area contributed by atoms with Crippen molar-refractivity contribution in [3.63, 3.8) is 0 Å². The van der Waals surface area contributed by atoms with Gasteiger partial charge in [-0.15, -0.1) is 24.0 Å². The summed E-state index contributed by atoms with van der Waals surface area (Å²) in [6.45, 7) is 10.7. The van der Waals surface area contributed by atoms with Crippen molar-refractivity contribution in [3.05, 3.63) is 29.8 Å². The second-order valence-electron chi connectivity index (χ2n) is 7.11. The van der Waals surface area contributed by atoms with E-state index >= 15 is 0 Å². The third kappa shape index (κ3) is 8.25. The molecule has 27 heavy (non-hydrogen) atoms. The van der Waals surface area contributed by atoms with E-state index in [4.69, 9.17) is 9.73 Å². The van der Waals surface area contributed by atoms with Crippen molar-refractivity contribution in [1.29, 1.82) is 0 Å². The number of halogens is 1. The minimum Gasteiger partial charge on any atom is -0.497 e. The van der Waals surface area contributed by atoms with E-state index in [1.54, 1.807) is 7.11 Å². The lowest BCUT2D eigenvalue weighted by Gasteiger charge is -2.30. The fourth-order valence-corrected chi connectivity index (χ4v) is 3.49. The summed E-state index contributed by atoms with van der Waals surface area (Å²) in [6.07, 6.45) is 3.84. The molecule has 0 aromatic heterocycles. The summed E-state index contributed by atoms with van der Waals surface area (Å²) in [5.74, 6) is 2.72. The van der Waals surface area contributed by atoms with Crippen LogP contribution in [0, 0.1) is 5.92 Å². The topological polar surface area (TPSA) is 40.1 Å². The lowest BCUT2D eigenvalue weighted by Crippen LogP contribution is -2.38. The highest BCUT2D eigenvalue weighted by Crippen LogP contribution is 2.20. The first kappa shape index (κ1) is 24.0. The van der Waals surface area contributed by atoms with Crippen molar-refractivity contribution in [1.82, 2.24) is 15.1 Å². The molecule has 0 saturated carbocycles. The molecule has 5 nitrogen and oxygen atoms in total. The Bertz CT molecular complexity index is 542. The van der Waals surface area contributed by atoms with E-state index < -0.39 is 0 Å². The zero-order valence-corrected chi connectivity index (χ0v) is 19.7. The van der Waals surface area contributed by atoms with Crippen LogP contribution in [0.2, 0.25) is 0 Å². The lowest BCUT2D eigenvalue weighted by atomic mass is 9.94. The summed E-state index contributed by atoms with van der Waals surface area (Å²) in [7, 11) is 3.80. The van der Waals surface area contributed by atoms with Crippen molar-refractivity contribution in [2.24, 2.45) is 10.9 Å². The Hall–Kier alpha value is -1.02. The first-order chi connectivity index (χ1) is 12.7. The maximum absolute atomic E-state index is 5.23. The van der Waals surface area contributed by atoms with E-state index in [-0.39, 0.29) is 24.0 Å². The molecule has 0 radical (unpaired) electrons. The minimum atomic E-state index is 0. The molecule has 1 fully saturated rings. The summed E-state index contributed by atoms with van der Waals surface area (Å²) in [5, 5.41) is 3.42. The monoisotopic (exact) mass is 488 g/mol. The van der Waals surface area contributed by atoms with Crippen LogP contribution < -0.4 is 10.1 Å². The Morgan fingerprint density at radius 1 is 1.22 bits per heavy atom. The van der Waals surface area contributed by atoms with Gasteiger partial charge in [-0.05, 0) is 69.4 Å². The van der Waals surface area contributed by atoms with E-state index in [1.807, 2.05) is 12.1 Å². The van der Waals surface area contributed by atoms with Crippen LogP contribution in [0.4, 0.5) is 0 Å². The van der Waals surface area contributed by atoms with Crippen LogP contribution in [0.1, 0.15) is 38.7 Å². The van der Waals surface area contributed by atoms with Crippen LogP contribution in [0.25, 0.3) is 0 Å². The number of benzene rings is 1. The largest absolute Gasteiger partial charge is 0.497 e. The van der Waals surface area contributed by atoms with Crippen molar-refractivity contribution in [2.45, 2.75) is 39.7 Å². The molecular weight excluding hydrogens is 451 g/mol. The lowest BCUT2D eigenvalue weighted by molar-refractivity contribution is 0.188. The zero-order valence-electron chi connectivity index (χ0n) is 17.4. The molecule has 0 spiro atoms. The maximum atomic E-state index is 5.23. The molecule has 0 aliphatic carbocycles. The molecule has 0 unspecified atom stereocenters. The summed E-state index contributed by atoms with van der Waals surface area (Å²) >= 11 is 0. The van der Waals surface area contributed by atoms with Gasteiger partial charge in [-0.1, -0.05) is 19.1 Å². The normalized spacial score (nSPS) is 15.9. The van der Waals surface area contributed by atoms with E-state index in [0.29, 0.717) is 0 Å². The molecule has 1 aliphatic heterocycles. The summed E-state index contributed by atoms with van der Waals surface area (Å²) in [4.78, 5) is 9.62. The number of aliphatic imine (C=N–C) groups is 1. The predicted octanol–water partition coefficient (Wildman–Crippen LogP) is 3.83. The zero-order chi connectivity index (χ0) is 18.8. The quantitative estimate of drug-likeness (QED) is 0.343. The number of methoxy groups -OCH3 is 1. The Morgan fingerprint density at radius 2 is 1.89 bits per heavy atom. The second kappa shape index (κ2) is 13.2. The van der Waals surface area contributed by atoms with Gasteiger partial charge >= 0.3 is 0 Å². The van der Waals surface area contributed by atoms with Crippen molar-refractivity contribution in [2.75, 3.05) is 46.9 Å². The van der Waals surface area contributed by atoms with Gasteiger partial charge in [0.25, 0.3) is 0 Å². The number of guanidine groups is 1. The number of nitrogens with one attached hydrogen (secondary N) is 1. The van der Waals surface area contributed by atoms with E-state index in [0.717, 1.165) is 37.3 Å². The molecule has 2 rings (SSSR count). The molecule has 1 aromatic carbocycles. The molecule has 154 valence electrons. The van der Waals surface area contributed by atoms with Crippen molar-refractivity contribution >= 4 is 29.9 Å². The summed E-state index contributed by atoms with van der Waals surface area (Å²) < 4.78 is 5.23. The third-order valence-electron chi connectivity index (χ3n) is 5.23. The van der Waals surface area contributed by atoms with Gasteiger partial charge < -0.3 is 19.9 Å². The van der Waals surface area contributed by atoms with Gasteiger partial charge in [-0.25, -0.2) is 0 Å². The first-order valence-corrected chi connectivity index (χ1v) is 10.0. The molecule has 0 atom stereocenters. The van der Waals surface area contributed by atoms with Gasteiger partial charge in [0.1, 0.15) is 5.75 Å². The van der Waals surface area contributed by atoms with Crippen LogP contribution in [0.5, 0.6) is 5.75 Å². The Morgan fingerprint density at radius 3 is 2.44 bits per heavy atom. The highest BCUT2D eigenvalue weighted by atomic mass is 127. The average Bonchev–Trinajstić information content (AvgIpc) is 2.68. The summed E-state index contributed by atoms with van der Waals surface area (Å²) in [5.41, 5.74) is 1.26. The van der Waals surface area contributed by atoms with Gasteiger partial charge in [-0.3, -0.25) is 4.99 Å². The van der Waals surface area contributed by atoms with Crippen molar-refractivity contribution in [3.8, 4) is 5.75 Å². The Labute approximate surface area is 182 Å². The molecule has 1 aromatic rings. The third-order valence-corrected chi connectivity index (χ3v) is 5.23. The molecule has 0 amide bonds. The number of nitrogens with zero attached hydrogens (tertiary/aromatic N) is 3. The number of piperidine rings is 1. The molecule has 1 heterocycles. The fraction of sp³-hybridized carbons (Fsp3) is 0.667. The van der Waals surface area contributed by atoms with E-state index in [2.05, 4.69) is 48.1 Å². The van der Waals surface area contributed by atoms with E-state index in [1.165, 1.54) is 44.5 Å². The number of hydrogen-bond acceptors (Lipinski definition) is 3. The smallest absolute Gasteiger partial charge is 0.193 e. The van der Waals surface area contributed by atoms with Gasteiger partial charge in [0.05, 0.1) is 7.11 Å². The fourth-order valence-electron chi connectivity index (χ4n) is 3.49. The van der Waals surface area contributed by atoms with Crippen LogP contribution in [-0.2, 0) is 6.54 Å².